The van der Waals surface area contributed by atoms with Crippen LogP contribution in [0.2, 0.25) is 0 Å². The van der Waals surface area contributed by atoms with E-state index < -0.39 is 29.3 Å². The van der Waals surface area contributed by atoms with Gasteiger partial charge in [0.15, 0.2) is 0 Å². The van der Waals surface area contributed by atoms with Gasteiger partial charge in [-0.3, -0.25) is 4.90 Å². The molecule has 0 spiro atoms. The highest BCUT2D eigenvalue weighted by Gasteiger charge is 2.39. The number of nitrogens with zero attached hydrogens (tertiary/aromatic N) is 2. The first-order valence-electron chi connectivity index (χ1n) is 9.09. The minimum Gasteiger partial charge on any atom is -0.447 e. The largest absolute Gasteiger partial charge is 0.447 e. The van der Waals surface area contributed by atoms with Gasteiger partial charge in [-0.1, -0.05) is 13.0 Å². The van der Waals surface area contributed by atoms with Crippen LogP contribution in [0.25, 0.3) is 0 Å². The number of rotatable bonds is 3. The summed E-state index contributed by atoms with van der Waals surface area (Å²) < 4.78 is 58.2. The van der Waals surface area contributed by atoms with E-state index >= 15 is 0 Å². The van der Waals surface area contributed by atoms with Crippen molar-refractivity contribution in [3.8, 4) is 0 Å². The Morgan fingerprint density at radius 3 is 2.57 bits per heavy atom. The zero-order chi connectivity index (χ0) is 20.5. The molecule has 3 amide bonds. The summed E-state index contributed by atoms with van der Waals surface area (Å²) in [7, 11) is 0. The maximum Gasteiger partial charge on any atom is 0.418 e. The Hall–Kier alpha value is -2.52. The fourth-order valence-corrected chi connectivity index (χ4v) is 3.65. The number of alkyl halides is 3. The molecule has 10 heteroatoms. The molecular weight excluding hydrogens is 382 g/mol. The van der Waals surface area contributed by atoms with Crippen LogP contribution in [0.1, 0.15) is 31.7 Å². The van der Waals surface area contributed by atoms with Crippen LogP contribution in [0, 0.1) is 5.82 Å². The second-order valence-corrected chi connectivity index (χ2v) is 6.85. The first-order chi connectivity index (χ1) is 13.2. The molecule has 2 fully saturated rings. The smallest absolute Gasteiger partial charge is 0.418 e. The molecule has 0 aromatic heterocycles. The third kappa shape index (κ3) is 4.00. The lowest BCUT2D eigenvalue weighted by molar-refractivity contribution is -0.137. The van der Waals surface area contributed by atoms with Crippen LogP contribution >= 0.6 is 0 Å². The second-order valence-electron chi connectivity index (χ2n) is 6.85. The van der Waals surface area contributed by atoms with E-state index in [1.54, 1.807) is 4.90 Å². The van der Waals surface area contributed by atoms with Crippen LogP contribution in [0.5, 0.6) is 0 Å². The average molecular weight is 403 g/mol. The Morgan fingerprint density at radius 2 is 1.96 bits per heavy atom. The summed E-state index contributed by atoms with van der Waals surface area (Å²) in [5.41, 5.74) is -2.11. The molecule has 1 aromatic carbocycles. The van der Waals surface area contributed by atoms with E-state index in [0.29, 0.717) is 19.4 Å². The number of cyclic esters (lactones) is 1. The standard InChI is InChI=1S/C18H21F4N3O3/c1-2-11-10-28-17(27)25(11)12-6-8-24(9-7-12)16(26)23-15-13(18(20,21)22)4-3-5-14(15)19/h3-5,11-12H,2,6-10H2,1H3,(H,23,26). The minimum atomic E-state index is -4.79. The van der Waals surface area contributed by atoms with Gasteiger partial charge < -0.3 is 15.0 Å². The fourth-order valence-electron chi connectivity index (χ4n) is 3.65. The maximum absolute atomic E-state index is 13.9. The first-order valence-corrected chi connectivity index (χ1v) is 9.09. The number of anilines is 1. The fraction of sp³-hybridized carbons (Fsp3) is 0.556. The number of nitrogens with one attached hydrogen (secondary N) is 1. The van der Waals surface area contributed by atoms with Crippen molar-refractivity contribution >= 4 is 17.8 Å². The molecule has 1 aromatic rings. The number of hydrogen-bond donors (Lipinski definition) is 1. The molecule has 0 saturated carbocycles. The summed E-state index contributed by atoms with van der Waals surface area (Å²) in [6.07, 6.45) is -3.47. The lowest BCUT2D eigenvalue weighted by Gasteiger charge is -2.37. The van der Waals surface area contributed by atoms with Gasteiger partial charge in [0.1, 0.15) is 12.4 Å². The molecule has 28 heavy (non-hydrogen) atoms. The molecule has 1 N–H and O–H groups in total. The maximum atomic E-state index is 13.9. The number of urea groups is 1. The molecule has 0 bridgehead atoms. The minimum absolute atomic E-state index is 0.00867. The number of carbonyl (C=O) groups excluding carboxylic acids is 2. The van der Waals surface area contributed by atoms with Crippen LogP contribution in [0.3, 0.4) is 0 Å². The van der Waals surface area contributed by atoms with Gasteiger partial charge in [-0.05, 0) is 31.4 Å². The van der Waals surface area contributed by atoms with Gasteiger partial charge in [0, 0.05) is 19.1 Å². The monoisotopic (exact) mass is 403 g/mol. The highest BCUT2D eigenvalue weighted by molar-refractivity contribution is 5.90. The van der Waals surface area contributed by atoms with Gasteiger partial charge >= 0.3 is 18.3 Å². The zero-order valence-corrected chi connectivity index (χ0v) is 15.3. The number of para-hydroxylation sites is 1. The van der Waals surface area contributed by atoms with Gasteiger partial charge in [-0.25, -0.2) is 14.0 Å². The molecule has 2 aliphatic heterocycles. The Labute approximate surface area is 159 Å². The number of piperidine rings is 1. The third-order valence-corrected chi connectivity index (χ3v) is 5.17. The van der Waals surface area contributed by atoms with Crippen molar-refractivity contribution in [2.24, 2.45) is 0 Å². The van der Waals surface area contributed by atoms with Gasteiger partial charge in [0.05, 0.1) is 17.3 Å². The molecular formula is C18H21F4N3O3. The number of halogens is 4. The number of hydrogen-bond acceptors (Lipinski definition) is 3. The molecule has 3 rings (SSSR count). The highest BCUT2D eigenvalue weighted by atomic mass is 19.4. The highest BCUT2D eigenvalue weighted by Crippen LogP contribution is 2.36. The number of amides is 3. The predicted octanol–water partition coefficient (Wildman–Crippen LogP) is 4.07. The van der Waals surface area contributed by atoms with Crippen LogP contribution in [0.15, 0.2) is 18.2 Å². The molecule has 154 valence electrons. The normalized spacial score (nSPS) is 21.0. The molecule has 1 atom stereocenters. The number of carbonyl (C=O) groups is 2. The Balaban J connectivity index is 1.65. The molecule has 2 aliphatic rings. The van der Waals surface area contributed by atoms with E-state index in [-0.39, 0.29) is 31.3 Å². The summed E-state index contributed by atoms with van der Waals surface area (Å²) in [6.45, 7) is 2.78. The van der Waals surface area contributed by atoms with Crippen LogP contribution < -0.4 is 5.32 Å². The van der Waals surface area contributed by atoms with Gasteiger partial charge in [-0.15, -0.1) is 0 Å². The van der Waals surface area contributed by atoms with Gasteiger partial charge in [0.2, 0.25) is 0 Å². The van der Waals surface area contributed by atoms with Crippen LogP contribution in [0.4, 0.5) is 32.8 Å². The zero-order valence-electron chi connectivity index (χ0n) is 15.3. The number of likely N-dealkylation sites (tertiary alicyclic amines) is 1. The summed E-state index contributed by atoms with van der Waals surface area (Å²) in [5, 5.41) is 2.05. The summed E-state index contributed by atoms with van der Waals surface area (Å²) in [4.78, 5) is 27.3. The van der Waals surface area contributed by atoms with Crippen molar-refractivity contribution in [2.45, 2.75) is 44.4 Å². The van der Waals surface area contributed by atoms with E-state index in [1.165, 1.54) is 4.90 Å². The number of ether oxygens (including phenoxy) is 1. The van der Waals surface area contributed by atoms with Crippen LogP contribution in [-0.2, 0) is 10.9 Å². The third-order valence-electron chi connectivity index (χ3n) is 5.17. The lowest BCUT2D eigenvalue weighted by Crippen LogP contribution is -2.50. The van der Waals surface area contributed by atoms with Crippen molar-refractivity contribution in [1.82, 2.24) is 9.80 Å². The topological polar surface area (TPSA) is 61.9 Å². The van der Waals surface area contributed by atoms with Crippen molar-refractivity contribution < 1.29 is 31.9 Å². The average Bonchev–Trinajstić information content (AvgIpc) is 3.03. The lowest BCUT2D eigenvalue weighted by atomic mass is 10.0. The predicted molar refractivity (Wildman–Crippen MR) is 92.3 cm³/mol. The molecule has 0 aliphatic carbocycles. The van der Waals surface area contributed by atoms with E-state index in [4.69, 9.17) is 4.74 Å². The summed E-state index contributed by atoms with van der Waals surface area (Å²) in [5.74, 6) is -1.15. The van der Waals surface area contributed by atoms with Gasteiger partial charge in [-0.2, -0.15) is 13.2 Å². The second kappa shape index (κ2) is 7.84. The van der Waals surface area contributed by atoms with E-state index in [0.717, 1.165) is 24.6 Å². The molecule has 6 nitrogen and oxygen atoms in total. The van der Waals surface area contributed by atoms with E-state index in [2.05, 4.69) is 5.32 Å². The summed E-state index contributed by atoms with van der Waals surface area (Å²) in [6, 6.07) is 1.62. The van der Waals surface area contributed by atoms with Crippen molar-refractivity contribution in [2.75, 3.05) is 25.0 Å². The van der Waals surface area contributed by atoms with E-state index in [9.17, 15) is 27.2 Å². The summed E-state index contributed by atoms with van der Waals surface area (Å²) >= 11 is 0. The van der Waals surface area contributed by atoms with Crippen molar-refractivity contribution in [3.05, 3.63) is 29.6 Å². The van der Waals surface area contributed by atoms with Crippen molar-refractivity contribution in [3.63, 3.8) is 0 Å². The molecule has 2 saturated heterocycles. The van der Waals surface area contributed by atoms with Gasteiger partial charge in [0.25, 0.3) is 0 Å². The SMILES string of the molecule is CCC1COC(=O)N1C1CCN(C(=O)Nc2c(F)cccc2C(F)(F)F)CC1. The van der Waals surface area contributed by atoms with Crippen molar-refractivity contribution in [1.29, 1.82) is 0 Å². The quantitative estimate of drug-likeness (QED) is 0.774. The first kappa shape index (κ1) is 20.2. The number of benzene rings is 1. The molecule has 1 unspecified atom stereocenters. The Morgan fingerprint density at radius 1 is 1.29 bits per heavy atom. The van der Waals surface area contributed by atoms with Crippen LogP contribution in [-0.4, -0.2) is 53.7 Å². The Bertz CT molecular complexity index is 748. The Kier molecular flexibility index (Phi) is 5.66. The van der Waals surface area contributed by atoms with E-state index in [1.807, 2.05) is 6.92 Å². The molecule has 0 radical (unpaired) electrons. The molecule has 2 heterocycles.